The van der Waals surface area contributed by atoms with Crippen LogP contribution in [0.25, 0.3) is 0 Å². The fourth-order valence-corrected chi connectivity index (χ4v) is 4.57. The smallest absolute Gasteiger partial charge is 0.225 e. The summed E-state index contributed by atoms with van der Waals surface area (Å²) < 4.78 is 0. The van der Waals surface area contributed by atoms with Gasteiger partial charge in [0.25, 0.3) is 0 Å². The van der Waals surface area contributed by atoms with Crippen molar-refractivity contribution in [3.05, 3.63) is 35.9 Å². The van der Waals surface area contributed by atoms with Gasteiger partial charge in [0.15, 0.2) is 0 Å². The molecule has 2 heterocycles. The van der Waals surface area contributed by atoms with Crippen molar-refractivity contribution in [1.82, 2.24) is 14.7 Å². The van der Waals surface area contributed by atoms with E-state index in [0.717, 1.165) is 77.9 Å². The van der Waals surface area contributed by atoms with E-state index in [1.165, 1.54) is 5.56 Å². The molecule has 1 aromatic rings. The third-order valence-electron chi connectivity index (χ3n) is 6.50. The minimum Gasteiger partial charge on any atom is -0.342 e. The van der Waals surface area contributed by atoms with Gasteiger partial charge >= 0.3 is 0 Å². The molecule has 2 saturated heterocycles. The normalized spacial score (nSPS) is 23.6. The maximum absolute atomic E-state index is 12.7. The van der Waals surface area contributed by atoms with Gasteiger partial charge in [0.1, 0.15) is 0 Å². The van der Waals surface area contributed by atoms with Gasteiger partial charge in [-0.05, 0) is 43.6 Å². The average Bonchev–Trinajstić information content (AvgIpc) is 3.58. The van der Waals surface area contributed by atoms with Crippen molar-refractivity contribution in [2.24, 2.45) is 11.8 Å². The van der Waals surface area contributed by atoms with Crippen LogP contribution in [0.2, 0.25) is 0 Å². The van der Waals surface area contributed by atoms with E-state index in [9.17, 15) is 9.59 Å². The second kappa shape index (κ2) is 9.08. The number of carbonyl (C=O) groups is 2. The molecule has 1 atom stereocenters. The molecule has 1 aromatic carbocycles. The van der Waals surface area contributed by atoms with Crippen LogP contribution >= 0.6 is 0 Å². The van der Waals surface area contributed by atoms with E-state index in [0.29, 0.717) is 30.1 Å². The maximum atomic E-state index is 12.7. The molecule has 0 N–H and O–H groups in total. The summed E-state index contributed by atoms with van der Waals surface area (Å²) in [6.45, 7) is 6.33. The highest BCUT2D eigenvalue weighted by molar-refractivity contribution is 5.81. The van der Waals surface area contributed by atoms with E-state index in [4.69, 9.17) is 0 Å². The first kappa shape index (κ1) is 19.4. The van der Waals surface area contributed by atoms with Gasteiger partial charge in [-0.1, -0.05) is 30.3 Å². The fourth-order valence-electron chi connectivity index (χ4n) is 4.57. The van der Waals surface area contributed by atoms with Gasteiger partial charge in [-0.3, -0.25) is 14.5 Å². The van der Waals surface area contributed by atoms with E-state index in [-0.39, 0.29) is 0 Å². The Bertz CT molecular complexity index is 666. The minimum atomic E-state index is 0.296. The van der Waals surface area contributed by atoms with Gasteiger partial charge in [0, 0.05) is 58.2 Å². The first-order valence-corrected chi connectivity index (χ1v) is 11.0. The van der Waals surface area contributed by atoms with Gasteiger partial charge in [0.05, 0.1) is 0 Å². The van der Waals surface area contributed by atoms with Crippen LogP contribution < -0.4 is 0 Å². The van der Waals surface area contributed by atoms with Crippen molar-refractivity contribution in [3.8, 4) is 0 Å². The zero-order valence-electron chi connectivity index (χ0n) is 16.9. The van der Waals surface area contributed by atoms with Gasteiger partial charge < -0.3 is 9.80 Å². The summed E-state index contributed by atoms with van der Waals surface area (Å²) in [4.78, 5) is 31.5. The van der Waals surface area contributed by atoms with Crippen LogP contribution in [0.5, 0.6) is 0 Å². The van der Waals surface area contributed by atoms with Gasteiger partial charge in [0.2, 0.25) is 11.8 Å². The molecule has 28 heavy (non-hydrogen) atoms. The zero-order valence-corrected chi connectivity index (χ0v) is 16.9. The van der Waals surface area contributed by atoms with E-state index in [2.05, 4.69) is 34.1 Å². The lowest BCUT2D eigenvalue weighted by atomic mass is 9.93. The summed E-state index contributed by atoms with van der Waals surface area (Å²) in [5.74, 6) is 1.47. The highest BCUT2D eigenvalue weighted by Crippen LogP contribution is 2.33. The molecule has 1 aliphatic carbocycles. The molecule has 3 aliphatic rings. The Morgan fingerprint density at radius 1 is 0.893 bits per heavy atom. The quantitative estimate of drug-likeness (QED) is 0.759. The standard InChI is InChI=1S/C23H33N3O2/c27-22(11-8-20-7-4-12-26(18-20)23(28)21-9-10-21)25-15-13-24(14-16-25)17-19-5-2-1-3-6-19/h1-3,5-6,20-21H,4,7-18H2/t20-/m1/s1. The molecule has 1 saturated carbocycles. The highest BCUT2D eigenvalue weighted by Gasteiger charge is 2.35. The predicted molar refractivity (Wildman–Crippen MR) is 110 cm³/mol. The van der Waals surface area contributed by atoms with Crippen molar-refractivity contribution in [2.45, 2.75) is 45.1 Å². The van der Waals surface area contributed by atoms with Crippen LogP contribution in [0.1, 0.15) is 44.1 Å². The lowest BCUT2D eigenvalue weighted by Crippen LogP contribution is -2.48. The summed E-state index contributed by atoms with van der Waals surface area (Å²) in [5, 5.41) is 0. The molecular weight excluding hydrogens is 350 g/mol. The molecule has 152 valence electrons. The monoisotopic (exact) mass is 383 g/mol. The Balaban J connectivity index is 1.17. The molecule has 0 spiro atoms. The van der Waals surface area contributed by atoms with Crippen LogP contribution in [-0.4, -0.2) is 65.8 Å². The molecule has 5 heteroatoms. The van der Waals surface area contributed by atoms with Crippen molar-refractivity contribution >= 4 is 11.8 Å². The Labute approximate surface area is 168 Å². The number of benzene rings is 1. The number of hydrogen-bond donors (Lipinski definition) is 0. The van der Waals surface area contributed by atoms with Crippen molar-refractivity contribution in [3.63, 3.8) is 0 Å². The number of likely N-dealkylation sites (tertiary alicyclic amines) is 1. The Morgan fingerprint density at radius 3 is 2.36 bits per heavy atom. The second-order valence-corrected chi connectivity index (χ2v) is 8.75. The summed E-state index contributed by atoms with van der Waals surface area (Å²) in [7, 11) is 0. The molecule has 3 fully saturated rings. The average molecular weight is 384 g/mol. The molecular formula is C23H33N3O2. The topological polar surface area (TPSA) is 43.9 Å². The van der Waals surface area contributed by atoms with Gasteiger partial charge in [-0.25, -0.2) is 0 Å². The predicted octanol–water partition coefficient (Wildman–Crippen LogP) is 2.76. The third-order valence-corrected chi connectivity index (χ3v) is 6.50. The van der Waals surface area contributed by atoms with Crippen molar-refractivity contribution in [2.75, 3.05) is 39.3 Å². The summed E-state index contributed by atoms with van der Waals surface area (Å²) in [5.41, 5.74) is 1.34. The van der Waals surface area contributed by atoms with Crippen LogP contribution in [0, 0.1) is 11.8 Å². The summed E-state index contributed by atoms with van der Waals surface area (Å²) in [6.07, 6.45) is 5.97. The Hall–Kier alpha value is -1.88. The van der Waals surface area contributed by atoms with E-state index >= 15 is 0 Å². The molecule has 5 nitrogen and oxygen atoms in total. The number of carbonyl (C=O) groups excluding carboxylic acids is 2. The minimum absolute atomic E-state index is 0.296. The van der Waals surface area contributed by atoms with Crippen LogP contribution in [0.3, 0.4) is 0 Å². The lowest BCUT2D eigenvalue weighted by Gasteiger charge is -2.36. The number of piperazine rings is 1. The molecule has 0 radical (unpaired) electrons. The number of piperidine rings is 1. The number of hydrogen-bond acceptors (Lipinski definition) is 3. The molecule has 0 unspecified atom stereocenters. The number of amides is 2. The third kappa shape index (κ3) is 5.13. The van der Waals surface area contributed by atoms with Crippen molar-refractivity contribution < 1.29 is 9.59 Å². The van der Waals surface area contributed by atoms with Gasteiger partial charge in [-0.2, -0.15) is 0 Å². The lowest BCUT2D eigenvalue weighted by molar-refractivity contribution is -0.134. The first-order chi connectivity index (χ1) is 13.7. The van der Waals surface area contributed by atoms with Crippen molar-refractivity contribution in [1.29, 1.82) is 0 Å². The molecule has 2 aliphatic heterocycles. The largest absolute Gasteiger partial charge is 0.342 e. The number of rotatable bonds is 6. The summed E-state index contributed by atoms with van der Waals surface area (Å²) in [6, 6.07) is 10.5. The van der Waals surface area contributed by atoms with E-state index < -0.39 is 0 Å². The maximum Gasteiger partial charge on any atom is 0.225 e. The van der Waals surface area contributed by atoms with E-state index in [1.807, 2.05) is 11.0 Å². The highest BCUT2D eigenvalue weighted by atomic mass is 16.2. The van der Waals surface area contributed by atoms with Crippen LogP contribution in [-0.2, 0) is 16.1 Å². The molecule has 4 rings (SSSR count). The first-order valence-electron chi connectivity index (χ1n) is 11.0. The molecule has 0 aromatic heterocycles. The van der Waals surface area contributed by atoms with Crippen LogP contribution in [0.4, 0.5) is 0 Å². The zero-order chi connectivity index (χ0) is 19.3. The van der Waals surface area contributed by atoms with E-state index in [1.54, 1.807) is 0 Å². The van der Waals surface area contributed by atoms with Gasteiger partial charge in [-0.15, -0.1) is 0 Å². The SMILES string of the molecule is O=C(CC[C@H]1CCCN(C(=O)C2CC2)C1)N1CCN(Cc2ccccc2)CC1. The molecule has 2 amide bonds. The Morgan fingerprint density at radius 2 is 1.64 bits per heavy atom. The fraction of sp³-hybridized carbons (Fsp3) is 0.652. The Kier molecular flexibility index (Phi) is 6.30. The molecule has 0 bridgehead atoms. The second-order valence-electron chi connectivity index (χ2n) is 8.75. The number of nitrogens with zero attached hydrogens (tertiary/aromatic N) is 3. The van der Waals surface area contributed by atoms with Crippen LogP contribution in [0.15, 0.2) is 30.3 Å². The summed E-state index contributed by atoms with van der Waals surface area (Å²) >= 11 is 0.